The number of hydrogen-bond acceptors (Lipinski definition) is 4. The molecule has 0 bridgehead atoms. The Bertz CT molecular complexity index is 753. The van der Waals surface area contributed by atoms with E-state index in [1.54, 1.807) is 0 Å². The number of ketones is 1. The number of fused-ring (bicyclic) bond motifs is 1. The number of hydrogen-bond donors (Lipinski definition) is 0. The lowest BCUT2D eigenvalue weighted by atomic mass is 9.74. The van der Waals surface area contributed by atoms with E-state index in [0.29, 0.717) is 28.5 Å². The summed E-state index contributed by atoms with van der Waals surface area (Å²) >= 11 is 1.29. The predicted octanol–water partition coefficient (Wildman–Crippen LogP) is 4.35. The van der Waals surface area contributed by atoms with Gasteiger partial charge in [-0.1, -0.05) is 55.5 Å². The topological polar surface area (TPSA) is 50.1 Å². The maximum absolute atomic E-state index is 12.5. The molecule has 0 N–H and O–H groups in total. The number of nitriles is 1. The van der Waals surface area contributed by atoms with Crippen molar-refractivity contribution in [1.82, 2.24) is 0 Å². The van der Waals surface area contributed by atoms with Gasteiger partial charge in [0.15, 0.2) is 10.8 Å². The molecule has 112 valence electrons. The number of nitrogens with zero attached hydrogens (tertiary/aromatic N) is 1. The van der Waals surface area contributed by atoms with E-state index < -0.39 is 0 Å². The van der Waals surface area contributed by atoms with E-state index in [0.717, 1.165) is 17.5 Å². The first-order valence-corrected chi connectivity index (χ1v) is 8.07. The van der Waals surface area contributed by atoms with Gasteiger partial charge in [-0.15, -0.1) is 0 Å². The molecule has 1 aromatic carbocycles. The van der Waals surface area contributed by atoms with Crippen LogP contribution in [-0.2, 0) is 13.0 Å². The van der Waals surface area contributed by atoms with Gasteiger partial charge in [0.05, 0.1) is 5.56 Å². The fourth-order valence-corrected chi connectivity index (χ4v) is 3.86. The molecule has 1 heterocycles. The predicted molar refractivity (Wildman–Crippen MR) is 86.2 cm³/mol. The summed E-state index contributed by atoms with van der Waals surface area (Å²) in [5.41, 5.74) is 2.47. The highest BCUT2D eigenvalue weighted by Crippen LogP contribution is 2.45. The molecular weight excluding hydrogens is 294 g/mol. The fraction of sp³-hybridized carbons (Fsp3) is 0.333. The van der Waals surface area contributed by atoms with Crippen LogP contribution in [0.1, 0.15) is 46.6 Å². The average molecular weight is 311 g/mol. The van der Waals surface area contributed by atoms with Crippen LogP contribution in [0.2, 0.25) is 0 Å². The van der Waals surface area contributed by atoms with Crippen molar-refractivity contribution in [3.05, 3.63) is 51.9 Å². The third-order valence-electron chi connectivity index (χ3n) is 3.86. The zero-order valence-corrected chi connectivity index (χ0v) is 13.5. The third-order valence-corrected chi connectivity index (χ3v) is 4.91. The van der Waals surface area contributed by atoms with E-state index in [4.69, 9.17) is 4.74 Å². The van der Waals surface area contributed by atoms with Gasteiger partial charge in [-0.2, -0.15) is 5.26 Å². The Morgan fingerprint density at radius 1 is 1.27 bits per heavy atom. The van der Waals surface area contributed by atoms with Crippen LogP contribution >= 0.6 is 11.3 Å². The Morgan fingerprint density at radius 3 is 2.68 bits per heavy atom. The highest BCUT2D eigenvalue weighted by atomic mass is 32.1. The molecule has 4 heteroatoms. The molecule has 0 unspecified atom stereocenters. The van der Waals surface area contributed by atoms with Crippen LogP contribution in [0.25, 0.3) is 0 Å². The van der Waals surface area contributed by atoms with Gasteiger partial charge in [-0.05, 0) is 23.0 Å². The zero-order chi connectivity index (χ0) is 15.7. The van der Waals surface area contributed by atoms with E-state index in [1.807, 2.05) is 30.3 Å². The van der Waals surface area contributed by atoms with Crippen molar-refractivity contribution in [2.24, 2.45) is 5.41 Å². The Labute approximate surface area is 134 Å². The Morgan fingerprint density at radius 2 is 2.00 bits per heavy atom. The van der Waals surface area contributed by atoms with Crippen molar-refractivity contribution < 1.29 is 9.53 Å². The molecule has 0 amide bonds. The molecule has 0 atom stereocenters. The maximum atomic E-state index is 12.5. The minimum atomic E-state index is -0.0898. The second-order valence-corrected chi connectivity index (χ2v) is 7.38. The summed E-state index contributed by atoms with van der Waals surface area (Å²) in [6.07, 6.45) is 1.26. The highest BCUT2D eigenvalue weighted by molar-refractivity contribution is 7.15. The van der Waals surface area contributed by atoms with Gasteiger partial charge in [-0.3, -0.25) is 4.79 Å². The zero-order valence-electron chi connectivity index (χ0n) is 12.7. The van der Waals surface area contributed by atoms with Crippen LogP contribution in [0, 0.1) is 16.7 Å². The van der Waals surface area contributed by atoms with E-state index in [2.05, 4.69) is 19.9 Å². The first kappa shape index (κ1) is 14.8. The van der Waals surface area contributed by atoms with Crippen LogP contribution in [-0.4, -0.2) is 5.78 Å². The lowest BCUT2D eigenvalue weighted by Gasteiger charge is -2.28. The normalized spacial score (nSPS) is 16.0. The van der Waals surface area contributed by atoms with Crippen molar-refractivity contribution in [3.63, 3.8) is 0 Å². The van der Waals surface area contributed by atoms with E-state index in [-0.39, 0.29) is 11.2 Å². The number of benzene rings is 1. The number of rotatable bonds is 3. The van der Waals surface area contributed by atoms with E-state index in [9.17, 15) is 10.1 Å². The maximum Gasteiger partial charge on any atom is 0.186 e. The van der Waals surface area contributed by atoms with Crippen LogP contribution in [0.5, 0.6) is 5.06 Å². The van der Waals surface area contributed by atoms with Crippen molar-refractivity contribution in [2.75, 3.05) is 0 Å². The monoisotopic (exact) mass is 311 g/mol. The van der Waals surface area contributed by atoms with Crippen LogP contribution in [0.15, 0.2) is 30.3 Å². The van der Waals surface area contributed by atoms with Crippen LogP contribution < -0.4 is 4.74 Å². The quantitative estimate of drug-likeness (QED) is 0.846. The molecule has 1 aliphatic rings. The number of ether oxygens (including phenoxy) is 1. The van der Waals surface area contributed by atoms with Gasteiger partial charge in [0.2, 0.25) is 0 Å². The average Bonchev–Trinajstić information content (AvgIpc) is 2.82. The lowest BCUT2D eigenvalue weighted by molar-refractivity contribution is 0.0908. The molecule has 0 saturated carbocycles. The van der Waals surface area contributed by atoms with Crippen LogP contribution in [0.3, 0.4) is 0 Å². The number of thiophene rings is 1. The van der Waals surface area contributed by atoms with Crippen molar-refractivity contribution >= 4 is 17.1 Å². The number of carbonyl (C=O) groups is 1. The summed E-state index contributed by atoms with van der Waals surface area (Å²) in [5.74, 6) is 0.0899. The first-order valence-electron chi connectivity index (χ1n) is 7.26. The minimum absolute atomic E-state index is 0.0898. The van der Waals surface area contributed by atoms with E-state index >= 15 is 0 Å². The number of carbonyl (C=O) groups excluding carboxylic acids is 1. The van der Waals surface area contributed by atoms with Crippen molar-refractivity contribution in [3.8, 4) is 11.1 Å². The Kier molecular flexibility index (Phi) is 3.76. The van der Waals surface area contributed by atoms with Gasteiger partial charge < -0.3 is 4.74 Å². The van der Waals surface area contributed by atoms with Gasteiger partial charge in [0.25, 0.3) is 0 Å². The minimum Gasteiger partial charge on any atom is -0.479 e. The summed E-state index contributed by atoms with van der Waals surface area (Å²) in [7, 11) is 0. The first-order chi connectivity index (χ1) is 10.5. The Hall–Kier alpha value is -2.12. The molecule has 1 aliphatic carbocycles. The van der Waals surface area contributed by atoms with Gasteiger partial charge in [-0.25, -0.2) is 0 Å². The molecule has 0 fully saturated rings. The summed E-state index contributed by atoms with van der Waals surface area (Å²) in [4.78, 5) is 13.1. The molecule has 3 rings (SSSR count). The van der Waals surface area contributed by atoms with Gasteiger partial charge in [0, 0.05) is 6.42 Å². The fourth-order valence-electron chi connectivity index (χ4n) is 2.87. The molecule has 0 saturated heterocycles. The molecule has 3 nitrogen and oxygen atoms in total. The van der Waals surface area contributed by atoms with Crippen molar-refractivity contribution in [2.45, 2.75) is 33.3 Å². The summed E-state index contributed by atoms with van der Waals surface area (Å²) in [6.45, 7) is 4.55. The summed E-state index contributed by atoms with van der Waals surface area (Å²) in [6, 6.07) is 12.0. The lowest BCUT2D eigenvalue weighted by Crippen LogP contribution is -2.26. The Balaban J connectivity index is 1.92. The largest absolute Gasteiger partial charge is 0.479 e. The van der Waals surface area contributed by atoms with Gasteiger partial charge in [0.1, 0.15) is 17.6 Å². The second-order valence-electron chi connectivity index (χ2n) is 6.40. The summed E-state index contributed by atoms with van der Waals surface area (Å²) in [5, 5.41) is 9.94. The smallest absolute Gasteiger partial charge is 0.186 e. The molecular formula is C18H17NO2S. The summed E-state index contributed by atoms with van der Waals surface area (Å²) < 4.78 is 5.86. The highest BCUT2D eigenvalue weighted by Gasteiger charge is 2.36. The number of Topliss-reactive ketones (excluding diaryl/α,β-unsaturated/α-hetero) is 1. The SMILES string of the molecule is CC1(C)CC(=O)c2c(OCc3ccccc3)sc(C#N)c2C1. The van der Waals surface area contributed by atoms with Crippen molar-refractivity contribution in [1.29, 1.82) is 5.26 Å². The second kappa shape index (κ2) is 5.58. The molecule has 0 aliphatic heterocycles. The molecule has 2 aromatic rings. The molecule has 22 heavy (non-hydrogen) atoms. The van der Waals surface area contributed by atoms with Gasteiger partial charge >= 0.3 is 0 Å². The third kappa shape index (κ3) is 2.77. The standard InChI is InChI=1S/C18H17NO2S/c1-18(2)8-13-15(10-19)22-17(16(13)14(20)9-18)21-11-12-6-4-3-5-7-12/h3-7H,8-9,11H2,1-2H3. The molecule has 0 spiro atoms. The van der Waals surface area contributed by atoms with E-state index in [1.165, 1.54) is 11.3 Å². The molecule has 0 radical (unpaired) electrons. The molecule has 1 aromatic heterocycles. The van der Waals surface area contributed by atoms with Crippen LogP contribution in [0.4, 0.5) is 0 Å².